The first-order chi connectivity index (χ1) is 5.54. The van der Waals surface area contributed by atoms with E-state index < -0.39 is 0 Å². The SMILES string of the molecule is Cc1[cH-]c(C)c(C)c1C.[CH2-]CC.[Cl-].[Cl-].[Zr+4]. The molecule has 86 valence electrons. The molecule has 15 heavy (non-hydrogen) atoms. The van der Waals surface area contributed by atoms with Crippen LogP contribution in [-0.4, -0.2) is 0 Å². The van der Waals surface area contributed by atoms with Crippen molar-refractivity contribution >= 4 is 0 Å². The minimum absolute atomic E-state index is 0. The van der Waals surface area contributed by atoms with Crippen LogP contribution >= 0.6 is 0 Å². The van der Waals surface area contributed by atoms with E-state index in [4.69, 9.17) is 0 Å². The fourth-order valence-corrected chi connectivity index (χ4v) is 1.13. The zero-order valence-electron chi connectivity index (χ0n) is 10.2. The van der Waals surface area contributed by atoms with Crippen LogP contribution in [0.15, 0.2) is 6.07 Å². The largest absolute Gasteiger partial charge is 4.00 e. The molecule has 0 aromatic heterocycles. The molecule has 3 heteroatoms. The van der Waals surface area contributed by atoms with E-state index in [1.54, 1.807) is 0 Å². The van der Waals surface area contributed by atoms with Crippen molar-refractivity contribution < 1.29 is 51.0 Å². The Kier molecular flexibility index (Phi) is 21.4. The van der Waals surface area contributed by atoms with Gasteiger partial charge in [-0.1, -0.05) is 34.6 Å². The van der Waals surface area contributed by atoms with Gasteiger partial charge in [0.05, 0.1) is 0 Å². The molecule has 0 atom stereocenters. The normalized spacial score (nSPS) is 7.33. The van der Waals surface area contributed by atoms with Gasteiger partial charge in [-0.25, -0.2) is 0 Å². The minimum atomic E-state index is 0. The molecule has 1 rings (SSSR count). The molecule has 0 aliphatic carbocycles. The molecule has 0 amide bonds. The summed E-state index contributed by atoms with van der Waals surface area (Å²) in [5, 5.41) is 0. The fourth-order valence-electron chi connectivity index (χ4n) is 1.13. The summed E-state index contributed by atoms with van der Waals surface area (Å²) in [6.07, 6.45) is 1.00. The van der Waals surface area contributed by atoms with Gasteiger partial charge in [0.15, 0.2) is 0 Å². The smallest absolute Gasteiger partial charge is 1.00 e. The van der Waals surface area contributed by atoms with Crippen LogP contribution in [0.3, 0.4) is 0 Å². The Morgan fingerprint density at radius 3 is 1.20 bits per heavy atom. The maximum atomic E-state index is 3.49. The zero-order valence-corrected chi connectivity index (χ0v) is 14.2. The van der Waals surface area contributed by atoms with Gasteiger partial charge in [0, 0.05) is 0 Å². The molecule has 0 aliphatic rings. The number of rotatable bonds is 0. The van der Waals surface area contributed by atoms with E-state index in [-0.39, 0.29) is 51.0 Å². The summed E-state index contributed by atoms with van der Waals surface area (Å²) >= 11 is 0. The van der Waals surface area contributed by atoms with Gasteiger partial charge in [-0.2, -0.15) is 34.7 Å². The number of hydrogen-bond acceptors (Lipinski definition) is 0. The van der Waals surface area contributed by atoms with Crippen LogP contribution in [0.5, 0.6) is 0 Å². The summed E-state index contributed by atoms with van der Waals surface area (Å²) in [6.45, 7) is 14.2. The summed E-state index contributed by atoms with van der Waals surface area (Å²) in [4.78, 5) is 0. The third-order valence-electron chi connectivity index (χ3n) is 2.18. The Hall–Kier alpha value is 0.813. The number of halogens is 2. The van der Waals surface area contributed by atoms with E-state index in [1.807, 2.05) is 6.92 Å². The van der Waals surface area contributed by atoms with Gasteiger partial charge < -0.3 is 31.7 Å². The van der Waals surface area contributed by atoms with Crippen LogP contribution in [0.4, 0.5) is 0 Å². The second-order valence-electron chi connectivity index (χ2n) is 3.26. The predicted molar refractivity (Wildman–Crippen MR) is 56.6 cm³/mol. The van der Waals surface area contributed by atoms with E-state index in [1.165, 1.54) is 22.3 Å². The third-order valence-corrected chi connectivity index (χ3v) is 2.18. The van der Waals surface area contributed by atoms with E-state index >= 15 is 0 Å². The number of aryl methyl sites for hydroxylation is 2. The topological polar surface area (TPSA) is 0 Å². The molecule has 0 fully saturated rings. The molecule has 0 N–H and O–H groups in total. The molecule has 0 heterocycles. The Bertz CT molecular complexity index is 220. The minimum Gasteiger partial charge on any atom is -1.00 e. The van der Waals surface area contributed by atoms with Crippen LogP contribution in [0, 0.1) is 34.6 Å². The van der Waals surface area contributed by atoms with Gasteiger partial charge in [0.25, 0.3) is 0 Å². The van der Waals surface area contributed by atoms with Gasteiger partial charge in [-0.15, -0.1) is 0 Å². The van der Waals surface area contributed by atoms with Gasteiger partial charge >= 0.3 is 26.2 Å². The molecule has 0 aliphatic heterocycles. The predicted octanol–water partition coefficient (Wildman–Crippen LogP) is -2.12. The molecule has 0 radical (unpaired) electrons. The Balaban J connectivity index is -0.0000000917. The summed E-state index contributed by atoms with van der Waals surface area (Å²) in [7, 11) is 0. The quantitative estimate of drug-likeness (QED) is 0.478. The van der Waals surface area contributed by atoms with Gasteiger partial charge in [-0.05, 0) is 0 Å². The van der Waals surface area contributed by atoms with Crippen LogP contribution in [-0.2, 0) is 26.2 Å². The van der Waals surface area contributed by atoms with Gasteiger partial charge in [-0.3, -0.25) is 0 Å². The summed E-state index contributed by atoms with van der Waals surface area (Å²) < 4.78 is 0. The molecule has 0 spiro atoms. The molecule has 1 aromatic carbocycles. The molecular formula is C12H20Cl2Zr. The Morgan fingerprint density at radius 1 is 0.933 bits per heavy atom. The fraction of sp³-hybridized carbons (Fsp3) is 0.500. The molecule has 0 bridgehead atoms. The molecule has 1 aromatic rings. The Morgan fingerprint density at radius 2 is 1.13 bits per heavy atom. The van der Waals surface area contributed by atoms with E-state index in [2.05, 4.69) is 40.7 Å². The Labute approximate surface area is 127 Å². The van der Waals surface area contributed by atoms with Crippen molar-refractivity contribution in [2.75, 3.05) is 0 Å². The molecule has 0 nitrogen and oxygen atoms in total. The molecular weight excluding hydrogens is 306 g/mol. The van der Waals surface area contributed by atoms with Crippen molar-refractivity contribution in [2.45, 2.75) is 41.0 Å². The van der Waals surface area contributed by atoms with Crippen LogP contribution < -0.4 is 24.8 Å². The van der Waals surface area contributed by atoms with Crippen molar-refractivity contribution in [3.63, 3.8) is 0 Å². The zero-order chi connectivity index (χ0) is 9.72. The standard InChI is InChI=1S/C9H13.C3H7.2ClH.Zr/c1-6-5-7(2)9(4)8(6)3;1-3-2;;;/h5H,1-4H3;1,3H2,2H3;2*1H;/q2*-1;;;+4/p-2. The van der Waals surface area contributed by atoms with E-state index in [0.29, 0.717) is 0 Å². The van der Waals surface area contributed by atoms with Crippen molar-refractivity contribution in [3.8, 4) is 0 Å². The van der Waals surface area contributed by atoms with Crippen LogP contribution in [0.1, 0.15) is 35.6 Å². The van der Waals surface area contributed by atoms with Crippen molar-refractivity contribution in [1.29, 1.82) is 0 Å². The average molecular weight is 326 g/mol. The van der Waals surface area contributed by atoms with Crippen molar-refractivity contribution in [3.05, 3.63) is 35.2 Å². The van der Waals surface area contributed by atoms with E-state index in [9.17, 15) is 0 Å². The summed E-state index contributed by atoms with van der Waals surface area (Å²) in [6, 6.07) is 2.24. The van der Waals surface area contributed by atoms with Crippen LogP contribution in [0.25, 0.3) is 0 Å². The first kappa shape index (κ1) is 24.9. The maximum Gasteiger partial charge on any atom is 4.00 e. The van der Waals surface area contributed by atoms with E-state index in [0.717, 1.165) is 6.42 Å². The third kappa shape index (κ3) is 8.60. The average Bonchev–Trinajstić information content (AvgIpc) is 2.20. The molecule has 0 unspecified atom stereocenters. The first-order valence-electron chi connectivity index (χ1n) is 4.53. The van der Waals surface area contributed by atoms with Crippen molar-refractivity contribution in [1.82, 2.24) is 0 Å². The van der Waals surface area contributed by atoms with Gasteiger partial charge in [0.1, 0.15) is 0 Å². The monoisotopic (exact) mass is 324 g/mol. The first-order valence-corrected chi connectivity index (χ1v) is 4.53. The summed E-state index contributed by atoms with van der Waals surface area (Å²) in [5.41, 5.74) is 5.75. The number of hydrogen-bond donors (Lipinski definition) is 0. The van der Waals surface area contributed by atoms with Gasteiger partial charge in [0.2, 0.25) is 0 Å². The molecule has 0 saturated carbocycles. The second-order valence-corrected chi connectivity index (χ2v) is 3.26. The molecule has 0 saturated heterocycles. The van der Waals surface area contributed by atoms with Crippen LogP contribution in [0.2, 0.25) is 0 Å². The second kappa shape index (κ2) is 12.9. The van der Waals surface area contributed by atoms with Crippen molar-refractivity contribution in [2.24, 2.45) is 0 Å². The maximum absolute atomic E-state index is 3.49. The summed E-state index contributed by atoms with van der Waals surface area (Å²) in [5.74, 6) is 0.